The average Bonchev–Trinajstić information content (AvgIpc) is 2.19. The maximum absolute atomic E-state index is 11.5. The molecule has 88 valence electrons. The standard InChI is InChI=1S/C11H14Br2N2O/c1-7(2)14-6-11(16)15-10-4-3-8(12)5-9(10)13/h3-5,7,14H,6H2,1-2H3,(H,15,16). The first-order valence-electron chi connectivity index (χ1n) is 4.97. The van der Waals surface area contributed by atoms with E-state index in [0.29, 0.717) is 12.6 Å². The minimum absolute atomic E-state index is 0.0447. The summed E-state index contributed by atoms with van der Waals surface area (Å²) >= 11 is 6.75. The quantitative estimate of drug-likeness (QED) is 0.876. The van der Waals surface area contributed by atoms with Crippen molar-refractivity contribution in [3.05, 3.63) is 27.1 Å². The summed E-state index contributed by atoms with van der Waals surface area (Å²) in [5.41, 5.74) is 0.777. The Kier molecular flexibility index (Phi) is 5.44. The Bertz CT molecular complexity index is 380. The summed E-state index contributed by atoms with van der Waals surface area (Å²) in [6.45, 7) is 4.33. The summed E-state index contributed by atoms with van der Waals surface area (Å²) in [5, 5.41) is 5.88. The van der Waals surface area contributed by atoms with E-state index < -0.39 is 0 Å². The predicted molar refractivity (Wildman–Crippen MR) is 73.6 cm³/mol. The third-order valence-electron chi connectivity index (χ3n) is 1.88. The van der Waals surface area contributed by atoms with Crippen molar-refractivity contribution in [1.29, 1.82) is 0 Å². The van der Waals surface area contributed by atoms with Gasteiger partial charge in [0.05, 0.1) is 12.2 Å². The van der Waals surface area contributed by atoms with Crippen molar-refractivity contribution in [2.75, 3.05) is 11.9 Å². The number of hydrogen-bond acceptors (Lipinski definition) is 2. The first-order chi connectivity index (χ1) is 7.49. The van der Waals surface area contributed by atoms with Crippen LogP contribution in [0.1, 0.15) is 13.8 Å². The van der Waals surface area contributed by atoms with Crippen molar-refractivity contribution in [2.24, 2.45) is 0 Å². The molecule has 0 aliphatic rings. The minimum atomic E-state index is -0.0447. The zero-order valence-electron chi connectivity index (χ0n) is 9.18. The van der Waals surface area contributed by atoms with Crippen molar-refractivity contribution in [1.82, 2.24) is 5.32 Å². The van der Waals surface area contributed by atoms with E-state index in [1.54, 1.807) is 0 Å². The highest BCUT2D eigenvalue weighted by Crippen LogP contribution is 2.25. The summed E-state index contributed by atoms with van der Waals surface area (Å²) in [5.74, 6) is -0.0447. The number of nitrogens with one attached hydrogen (secondary N) is 2. The Morgan fingerprint density at radius 1 is 1.38 bits per heavy atom. The van der Waals surface area contributed by atoms with Crippen molar-refractivity contribution >= 4 is 43.5 Å². The lowest BCUT2D eigenvalue weighted by molar-refractivity contribution is -0.115. The zero-order valence-corrected chi connectivity index (χ0v) is 12.4. The van der Waals surface area contributed by atoms with Gasteiger partial charge in [-0.05, 0) is 34.1 Å². The Labute approximate surface area is 112 Å². The molecule has 0 unspecified atom stereocenters. The van der Waals surface area contributed by atoms with Gasteiger partial charge < -0.3 is 10.6 Å². The van der Waals surface area contributed by atoms with Gasteiger partial charge in [-0.25, -0.2) is 0 Å². The Morgan fingerprint density at radius 3 is 2.62 bits per heavy atom. The van der Waals surface area contributed by atoms with Crippen LogP contribution in [0.25, 0.3) is 0 Å². The number of carbonyl (C=O) groups is 1. The number of amides is 1. The van der Waals surface area contributed by atoms with Crippen LogP contribution < -0.4 is 10.6 Å². The molecule has 1 aromatic rings. The monoisotopic (exact) mass is 348 g/mol. The molecule has 16 heavy (non-hydrogen) atoms. The second-order valence-electron chi connectivity index (χ2n) is 3.71. The van der Waals surface area contributed by atoms with Crippen LogP contribution in [0.5, 0.6) is 0 Å². The summed E-state index contributed by atoms with van der Waals surface area (Å²) in [4.78, 5) is 11.5. The Morgan fingerprint density at radius 2 is 2.06 bits per heavy atom. The first kappa shape index (κ1) is 13.7. The van der Waals surface area contributed by atoms with E-state index in [-0.39, 0.29) is 5.91 Å². The van der Waals surface area contributed by atoms with Gasteiger partial charge >= 0.3 is 0 Å². The van der Waals surface area contributed by atoms with Gasteiger partial charge in [-0.15, -0.1) is 0 Å². The smallest absolute Gasteiger partial charge is 0.238 e. The lowest BCUT2D eigenvalue weighted by Crippen LogP contribution is -2.32. The average molecular weight is 350 g/mol. The molecule has 0 aliphatic carbocycles. The second kappa shape index (κ2) is 6.37. The molecule has 0 spiro atoms. The van der Waals surface area contributed by atoms with E-state index in [0.717, 1.165) is 14.6 Å². The first-order valence-corrected chi connectivity index (χ1v) is 6.56. The van der Waals surface area contributed by atoms with Crippen LogP contribution >= 0.6 is 31.9 Å². The van der Waals surface area contributed by atoms with Crippen LogP contribution in [0.15, 0.2) is 27.1 Å². The van der Waals surface area contributed by atoms with Crippen LogP contribution in [0, 0.1) is 0 Å². The molecule has 0 heterocycles. The summed E-state index contributed by atoms with van der Waals surface area (Å²) in [6.07, 6.45) is 0. The van der Waals surface area contributed by atoms with Gasteiger partial charge in [0.1, 0.15) is 0 Å². The summed E-state index contributed by atoms with van der Waals surface area (Å²) < 4.78 is 1.83. The van der Waals surface area contributed by atoms with E-state index in [1.807, 2.05) is 32.0 Å². The number of carbonyl (C=O) groups excluding carboxylic acids is 1. The minimum Gasteiger partial charge on any atom is -0.324 e. The molecule has 0 bridgehead atoms. The normalized spacial score (nSPS) is 10.6. The number of halogens is 2. The fourth-order valence-corrected chi connectivity index (χ4v) is 2.23. The molecule has 5 heteroatoms. The molecule has 3 nitrogen and oxygen atoms in total. The molecule has 1 amide bonds. The van der Waals surface area contributed by atoms with Crippen molar-refractivity contribution in [3.63, 3.8) is 0 Å². The van der Waals surface area contributed by atoms with Crippen LogP contribution in [0.4, 0.5) is 5.69 Å². The number of hydrogen-bond donors (Lipinski definition) is 2. The van der Waals surface area contributed by atoms with Crippen LogP contribution in [-0.2, 0) is 4.79 Å². The van der Waals surface area contributed by atoms with Crippen LogP contribution in [-0.4, -0.2) is 18.5 Å². The molecular weight excluding hydrogens is 336 g/mol. The molecule has 0 atom stereocenters. The topological polar surface area (TPSA) is 41.1 Å². The number of benzene rings is 1. The van der Waals surface area contributed by atoms with Gasteiger partial charge in [0.15, 0.2) is 0 Å². The summed E-state index contributed by atoms with van der Waals surface area (Å²) in [6, 6.07) is 5.93. The molecule has 0 saturated carbocycles. The fraction of sp³-hybridized carbons (Fsp3) is 0.364. The molecule has 0 fully saturated rings. The molecule has 1 rings (SSSR count). The van der Waals surface area contributed by atoms with E-state index >= 15 is 0 Å². The lowest BCUT2D eigenvalue weighted by atomic mass is 10.3. The Hall–Kier alpha value is -0.390. The summed E-state index contributed by atoms with van der Waals surface area (Å²) in [7, 11) is 0. The van der Waals surface area contributed by atoms with Gasteiger partial charge in [-0.1, -0.05) is 29.8 Å². The van der Waals surface area contributed by atoms with E-state index in [2.05, 4.69) is 42.5 Å². The highest BCUT2D eigenvalue weighted by atomic mass is 79.9. The molecule has 0 aromatic heterocycles. The van der Waals surface area contributed by atoms with Crippen molar-refractivity contribution in [2.45, 2.75) is 19.9 Å². The van der Waals surface area contributed by atoms with E-state index in [9.17, 15) is 4.79 Å². The molecule has 1 aromatic carbocycles. The Balaban J connectivity index is 2.56. The lowest BCUT2D eigenvalue weighted by Gasteiger charge is -2.10. The third kappa shape index (κ3) is 4.63. The van der Waals surface area contributed by atoms with Crippen LogP contribution in [0.3, 0.4) is 0 Å². The molecule has 0 radical (unpaired) electrons. The SMILES string of the molecule is CC(C)NCC(=O)Nc1ccc(Br)cc1Br. The van der Waals surface area contributed by atoms with Crippen molar-refractivity contribution in [3.8, 4) is 0 Å². The molecular formula is C11H14Br2N2O. The van der Waals surface area contributed by atoms with Gasteiger partial charge in [0.25, 0.3) is 0 Å². The largest absolute Gasteiger partial charge is 0.324 e. The third-order valence-corrected chi connectivity index (χ3v) is 3.03. The van der Waals surface area contributed by atoms with Gasteiger partial charge in [-0.3, -0.25) is 4.79 Å². The molecule has 0 saturated heterocycles. The van der Waals surface area contributed by atoms with Crippen LogP contribution in [0.2, 0.25) is 0 Å². The molecule has 2 N–H and O–H groups in total. The van der Waals surface area contributed by atoms with Gasteiger partial charge in [0.2, 0.25) is 5.91 Å². The number of anilines is 1. The van der Waals surface area contributed by atoms with Crippen molar-refractivity contribution < 1.29 is 4.79 Å². The second-order valence-corrected chi connectivity index (χ2v) is 5.48. The van der Waals surface area contributed by atoms with E-state index in [1.165, 1.54) is 0 Å². The number of rotatable bonds is 4. The van der Waals surface area contributed by atoms with Gasteiger partial charge in [-0.2, -0.15) is 0 Å². The molecule has 0 aliphatic heterocycles. The van der Waals surface area contributed by atoms with Gasteiger partial charge in [0, 0.05) is 15.0 Å². The maximum atomic E-state index is 11.5. The fourth-order valence-electron chi connectivity index (χ4n) is 1.08. The zero-order chi connectivity index (χ0) is 12.1. The highest BCUT2D eigenvalue weighted by Gasteiger charge is 2.06. The van der Waals surface area contributed by atoms with E-state index in [4.69, 9.17) is 0 Å². The maximum Gasteiger partial charge on any atom is 0.238 e. The highest BCUT2D eigenvalue weighted by molar-refractivity contribution is 9.11. The predicted octanol–water partition coefficient (Wildman–Crippen LogP) is 3.15.